The molecule has 0 atom stereocenters. The second kappa shape index (κ2) is 8.18. The molecule has 1 N–H and O–H groups in total. The number of carbonyl (C=O) groups is 1. The number of pyridine rings is 1. The first-order valence-corrected chi connectivity index (χ1v) is 10.4. The van der Waals surface area contributed by atoms with Crippen LogP contribution in [0.15, 0.2) is 65.7 Å². The van der Waals surface area contributed by atoms with Gasteiger partial charge in [0.25, 0.3) is 5.91 Å². The summed E-state index contributed by atoms with van der Waals surface area (Å²) in [5.41, 5.74) is 4.30. The van der Waals surface area contributed by atoms with E-state index in [0.717, 1.165) is 59.7 Å². The maximum atomic E-state index is 12.7. The monoisotopic (exact) mass is 413 g/mol. The average Bonchev–Trinajstić information content (AvgIpc) is 3.29. The summed E-state index contributed by atoms with van der Waals surface area (Å²) >= 11 is 0. The van der Waals surface area contributed by atoms with E-state index >= 15 is 0 Å². The summed E-state index contributed by atoms with van der Waals surface area (Å²) in [6, 6.07) is 11.5. The Bertz CT molecular complexity index is 1190. The molecule has 0 bridgehead atoms. The van der Waals surface area contributed by atoms with Gasteiger partial charge in [-0.25, -0.2) is 9.97 Å². The van der Waals surface area contributed by atoms with Crippen molar-refractivity contribution in [2.45, 2.75) is 25.8 Å². The molecule has 1 aliphatic rings. The summed E-state index contributed by atoms with van der Waals surface area (Å²) < 4.78 is 5.45. The van der Waals surface area contributed by atoms with Gasteiger partial charge in [-0.2, -0.15) is 0 Å². The molecule has 31 heavy (non-hydrogen) atoms. The Labute approximate surface area is 180 Å². The summed E-state index contributed by atoms with van der Waals surface area (Å²) in [7, 11) is 0. The van der Waals surface area contributed by atoms with Crippen LogP contribution < -0.4 is 10.2 Å². The van der Waals surface area contributed by atoms with Crippen molar-refractivity contribution >= 4 is 22.8 Å². The topological polar surface area (TPSA) is 84.2 Å². The summed E-state index contributed by atoms with van der Waals surface area (Å²) in [4.78, 5) is 28.2. The fourth-order valence-corrected chi connectivity index (χ4v) is 3.95. The van der Waals surface area contributed by atoms with E-state index in [1.165, 1.54) is 0 Å². The predicted octanol–water partition coefficient (Wildman–Crippen LogP) is 3.99. The second-order valence-corrected chi connectivity index (χ2v) is 7.86. The molecule has 1 fully saturated rings. The number of benzene rings is 1. The second-order valence-electron chi connectivity index (χ2n) is 7.86. The van der Waals surface area contributed by atoms with Crippen LogP contribution in [-0.4, -0.2) is 40.0 Å². The van der Waals surface area contributed by atoms with Crippen LogP contribution >= 0.6 is 0 Å². The number of nitrogens with zero attached hydrogens (tertiary/aromatic N) is 4. The van der Waals surface area contributed by atoms with Crippen molar-refractivity contribution in [1.82, 2.24) is 20.3 Å². The van der Waals surface area contributed by atoms with Crippen molar-refractivity contribution in [2.75, 3.05) is 18.0 Å². The van der Waals surface area contributed by atoms with Crippen LogP contribution in [0, 0.1) is 6.92 Å². The molecule has 7 nitrogen and oxygen atoms in total. The summed E-state index contributed by atoms with van der Waals surface area (Å²) in [5.74, 6) is 0.707. The normalized spacial score (nSPS) is 14.7. The Morgan fingerprint density at radius 3 is 2.52 bits per heavy atom. The van der Waals surface area contributed by atoms with Crippen molar-refractivity contribution in [1.29, 1.82) is 0 Å². The van der Waals surface area contributed by atoms with Crippen molar-refractivity contribution < 1.29 is 9.21 Å². The van der Waals surface area contributed by atoms with E-state index < -0.39 is 0 Å². The van der Waals surface area contributed by atoms with Crippen molar-refractivity contribution in [3.05, 3.63) is 72.4 Å². The molecule has 0 aliphatic carbocycles. The van der Waals surface area contributed by atoms with E-state index in [0.29, 0.717) is 5.56 Å². The molecule has 1 amide bonds. The number of furan rings is 1. The van der Waals surface area contributed by atoms with Crippen LogP contribution in [0.25, 0.3) is 22.2 Å². The molecule has 0 radical (unpaired) electrons. The molecule has 1 aliphatic heterocycles. The van der Waals surface area contributed by atoms with Crippen LogP contribution in [0.1, 0.15) is 28.8 Å². The molecule has 1 aromatic carbocycles. The first kappa shape index (κ1) is 19.2. The number of aromatic nitrogens is 3. The number of nitrogens with one attached hydrogen (secondary N) is 1. The lowest BCUT2D eigenvalue weighted by Gasteiger charge is -2.32. The molecule has 0 unspecified atom stereocenters. The van der Waals surface area contributed by atoms with E-state index in [1.807, 2.05) is 55.7 Å². The van der Waals surface area contributed by atoms with E-state index in [-0.39, 0.29) is 11.9 Å². The molecule has 7 heteroatoms. The molecule has 5 rings (SSSR count). The van der Waals surface area contributed by atoms with Gasteiger partial charge in [-0.15, -0.1) is 0 Å². The largest absolute Gasteiger partial charge is 0.464 e. The Kier molecular flexibility index (Phi) is 5.08. The van der Waals surface area contributed by atoms with E-state index in [2.05, 4.69) is 25.2 Å². The summed E-state index contributed by atoms with van der Waals surface area (Å²) in [6.07, 6.45) is 8.80. The molecule has 156 valence electrons. The minimum atomic E-state index is -0.0499. The molecule has 4 aromatic rings. The molecule has 1 saturated heterocycles. The Hall–Kier alpha value is -3.74. The van der Waals surface area contributed by atoms with Gasteiger partial charge in [0.2, 0.25) is 5.95 Å². The highest BCUT2D eigenvalue weighted by Crippen LogP contribution is 2.27. The minimum absolute atomic E-state index is 0.0499. The van der Waals surface area contributed by atoms with Crippen LogP contribution in [0.4, 0.5) is 5.95 Å². The standard InChI is InChI=1S/C24H23N5O2/c1-16-14-26-24(27-15-16)29-11-7-19(8-12-29)28-23(30)18-4-2-17(3-5-18)22-20-9-13-31-21(20)6-10-25-22/h2-6,9-10,13-15,19H,7-8,11-12H2,1H3,(H,28,30). The molecule has 3 aromatic heterocycles. The molecule has 0 saturated carbocycles. The average molecular weight is 413 g/mol. The lowest BCUT2D eigenvalue weighted by atomic mass is 10.0. The first-order chi connectivity index (χ1) is 15.2. The van der Waals surface area contributed by atoms with Gasteiger partial charge in [0.05, 0.1) is 12.0 Å². The number of rotatable bonds is 4. The predicted molar refractivity (Wildman–Crippen MR) is 119 cm³/mol. The summed E-state index contributed by atoms with van der Waals surface area (Å²) in [5, 5.41) is 4.13. The zero-order chi connectivity index (χ0) is 21.2. The molecular weight excluding hydrogens is 390 g/mol. The quantitative estimate of drug-likeness (QED) is 0.545. The first-order valence-electron chi connectivity index (χ1n) is 10.4. The maximum Gasteiger partial charge on any atom is 0.251 e. The van der Waals surface area contributed by atoms with Gasteiger partial charge in [0, 0.05) is 54.2 Å². The van der Waals surface area contributed by atoms with Crippen LogP contribution in [-0.2, 0) is 0 Å². The van der Waals surface area contributed by atoms with E-state index in [9.17, 15) is 4.79 Å². The highest BCUT2D eigenvalue weighted by Gasteiger charge is 2.22. The van der Waals surface area contributed by atoms with Gasteiger partial charge in [-0.1, -0.05) is 12.1 Å². The number of hydrogen-bond acceptors (Lipinski definition) is 6. The van der Waals surface area contributed by atoms with Crippen molar-refractivity contribution in [3.63, 3.8) is 0 Å². The lowest BCUT2D eigenvalue weighted by molar-refractivity contribution is 0.0931. The number of fused-ring (bicyclic) bond motifs is 1. The SMILES string of the molecule is Cc1cnc(N2CCC(NC(=O)c3ccc(-c4nccc5occc45)cc3)CC2)nc1. The van der Waals surface area contributed by atoms with E-state index in [4.69, 9.17) is 4.42 Å². The number of piperidine rings is 1. The number of hydrogen-bond donors (Lipinski definition) is 1. The van der Waals surface area contributed by atoms with Crippen LogP contribution in [0.2, 0.25) is 0 Å². The van der Waals surface area contributed by atoms with Crippen molar-refractivity contribution in [3.8, 4) is 11.3 Å². The molecular formula is C24H23N5O2. The van der Waals surface area contributed by atoms with Gasteiger partial charge in [-0.3, -0.25) is 9.78 Å². The van der Waals surface area contributed by atoms with Gasteiger partial charge in [0.1, 0.15) is 5.58 Å². The lowest BCUT2D eigenvalue weighted by Crippen LogP contribution is -2.45. The highest BCUT2D eigenvalue weighted by atomic mass is 16.3. The smallest absolute Gasteiger partial charge is 0.251 e. The minimum Gasteiger partial charge on any atom is -0.464 e. The van der Waals surface area contributed by atoms with Crippen molar-refractivity contribution in [2.24, 2.45) is 0 Å². The van der Waals surface area contributed by atoms with E-state index in [1.54, 1.807) is 12.5 Å². The number of carbonyl (C=O) groups excluding carboxylic acids is 1. The number of anilines is 1. The Balaban J connectivity index is 1.21. The van der Waals surface area contributed by atoms with Gasteiger partial charge >= 0.3 is 0 Å². The fraction of sp³-hybridized carbons (Fsp3) is 0.250. The third kappa shape index (κ3) is 3.99. The number of aryl methyl sites for hydroxylation is 1. The summed E-state index contributed by atoms with van der Waals surface area (Å²) in [6.45, 7) is 3.63. The fourth-order valence-electron chi connectivity index (χ4n) is 3.95. The zero-order valence-electron chi connectivity index (χ0n) is 17.3. The molecule has 0 spiro atoms. The van der Waals surface area contributed by atoms with Gasteiger partial charge in [0.15, 0.2) is 0 Å². The number of amides is 1. The highest BCUT2D eigenvalue weighted by molar-refractivity contribution is 5.96. The third-order valence-electron chi connectivity index (χ3n) is 5.68. The molecule has 4 heterocycles. The van der Waals surface area contributed by atoms with Gasteiger partial charge < -0.3 is 14.6 Å². The Morgan fingerprint density at radius 2 is 1.77 bits per heavy atom. The Morgan fingerprint density at radius 1 is 1.03 bits per heavy atom. The van der Waals surface area contributed by atoms with Crippen LogP contribution in [0.5, 0.6) is 0 Å². The van der Waals surface area contributed by atoms with Crippen LogP contribution in [0.3, 0.4) is 0 Å². The van der Waals surface area contributed by atoms with Gasteiger partial charge in [-0.05, 0) is 49.6 Å². The maximum absolute atomic E-state index is 12.7. The third-order valence-corrected chi connectivity index (χ3v) is 5.68. The zero-order valence-corrected chi connectivity index (χ0v) is 17.3.